The Kier molecular flexibility index (Phi) is 7.11. The molecular weight excluding hydrogens is 468 g/mol. The van der Waals surface area contributed by atoms with Gasteiger partial charge in [0.15, 0.2) is 15.6 Å². The van der Waals surface area contributed by atoms with Crippen LogP contribution in [-0.2, 0) is 21.1 Å². The molecule has 1 aliphatic rings. The number of Topliss-reactive ketones (excluding diaryl/α,β-unsaturated/α-hetero) is 1. The number of fused-ring (bicyclic) bond motifs is 1. The van der Waals surface area contributed by atoms with Gasteiger partial charge in [0, 0.05) is 18.1 Å². The van der Waals surface area contributed by atoms with Crippen LogP contribution < -0.4 is 11.3 Å². The fourth-order valence-electron chi connectivity index (χ4n) is 4.68. The average Bonchev–Trinajstić information content (AvgIpc) is 2.83. The van der Waals surface area contributed by atoms with Gasteiger partial charge < -0.3 is 5.73 Å². The Morgan fingerprint density at radius 2 is 1.86 bits per heavy atom. The molecule has 3 aromatic rings. The predicted molar refractivity (Wildman–Crippen MR) is 131 cm³/mol. The Hall–Kier alpha value is -3.40. The van der Waals surface area contributed by atoms with Crippen LogP contribution in [0.2, 0.25) is 0 Å². The Balaban J connectivity index is 1.69. The minimum absolute atomic E-state index is 0.00603. The molecule has 1 aliphatic carbocycles. The lowest BCUT2D eigenvalue weighted by atomic mass is 9.83. The van der Waals surface area contributed by atoms with Gasteiger partial charge in [-0.2, -0.15) is 0 Å². The number of hydrogen-bond acceptors (Lipinski definition) is 7. The maximum absolute atomic E-state index is 13.5. The summed E-state index contributed by atoms with van der Waals surface area (Å²) in [7, 11) is -3.45. The van der Waals surface area contributed by atoms with Gasteiger partial charge >= 0.3 is 0 Å². The topological polar surface area (TPSA) is 142 Å². The molecule has 35 heavy (non-hydrogen) atoms. The summed E-state index contributed by atoms with van der Waals surface area (Å²) in [5.74, 6) is -0.456. The van der Waals surface area contributed by atoms with Crippen LogP contribution in [0.5, 0.6) is 0 Å². The summed E-state index contributed by atoms with van der Waals surface area (Å²) >= 11 is 0. The number of primary amides is 1. The van der Waals surface area contributed by atoms with Gasteiger partial charge in [-0.15, -0.1) is 0 Å². The van der Waals surface area contributed by atoms with Crippen molar-refractivity contribution in [3.63, 3.8) is 0 Å². The maximum atomic E-state index is 13.5. The Bertz CT molecular complexity index is 1420. The van der Waals surface area contributed by atoms with Crippen LogP contribution in [0.4, 0.5) is 0 Å². The highest BCUT2D eigenvalue weighted by Crippen LogP contribution is 2.31. The van der Waals surface area contributed by atoms with Gasteiger partial charge in [0.1, 0.15) is 0 Å². The van der Waals surface area contributed by atoms with Gasteiger partial charge in [-0.05, 0) is 42.7 Å². The molecule has 1 aromatic carbocycles. The molecule has 0 radical (unpaired) electrons. The number of carbonyl (C=O) groups excluding carboxylic acids is 2. The lowest BCUT2D eigenvalue weighted by Gasteiger charge is -2.27. The lowest BCUT2D eigenvalue weighted by molar-refractivity contribution is -0.122. The highest BCUT2D eigenvalue weighted by molar-refractivity contribution is 7.90. The number of hydrogen-bond donors (Lipinski definition) is 1. The number of pyridine rings is 1. The quantitative estimate of drug-likeness (QED) is 0.505. The van der Waals surface area contributed by atoms with Crippen molar-refractivity contribution in [1.82, 2.24) is 14.5 Å². The third-order valence-electron chi connectivity index (χ3n) is 6.64. The molecule has 0 saturated heterocycles. The van der Waals surface area contributed by atoms with E-state index in [1.807, 2.05) is 0 Å². The van der Waals surface area contributed by atoms with Crippen LogP contribution >= 0.6 is 0 Å². The molecule has 184 valence electrons. The second-order valence-electron chi connectivity index (χ2n) is 9.21. The van der Waals surface area contributed by atoms with E-state index in [1.165, 1.54) is 47.8 Å². The molecule has 2 N–H and O–H groups in total. The summed E-state index contributed by atoms with van der Waals surface area (Å²) < 4.78 is 25.2. The number of nitrogens with zero attached hydrogens (tertiary/aromatic N) is 3. The van der Waals surface area contributed by atoms with Crippen molar-refractivity contribution < 1.29 is 18.0 Å². The smallest absolute Gasteiger partial charge is 0.261 e. The monoisotopic (exact) mass is 496 g/mol. The van der Waals surface area contributed by atoms with Gasteiger partial charge in [0.25, 0.3) is 5.56 Å². The molecule has 0 spiro atoms. The normalized spacial score (nSPS) is 15.7. The molecule has 1 amide bonds. The molecule has 9 nitrogen and oxygen atoms in total. The van der Waals surface area contributed by atoms with E-state index in [-0.39, 0.29) is 39.1 Å². The number of aromatic nitrogens is 3. The van der Waals surface area contributed by atoms with Gasteiger partial charge in [0.05, 0.1) is 40.2 Å². The molecule has 0 aliphatic heterocycles. The van der Waals surface area contributed by atoms with Crippen LogP contribution in [-0.4, -0.2) is 40.9 Å². The first kappa shape index (κ1) is 24.7. The number of sulfone groups is 1. The van der Waals surface area contributed by atoms with E-state index in [9.17, 15) is 22.8 Å². The van der Waals surface area contributed by atoms with Crippen molar-refractivity contribution in [3.05, 3.63) is 64.5 Å². The molecule has 1 unspecified atom stereocenters. The third-order valence-corrected chi connectivity index (χ3v) is 7.75. The fraction of sp³-hybridized carbons (Fsp3) is 0.400. The van der Waals surface area contributed by atoms with Gasteiger partial charge in [-0.3, -0.25) is 23.9 Å². The lowest BCUT2D eigenvalue weighted by Crippen LogP contribution is -2.33. The second-order valence-corrected chi connectivity index (χ2v) is 11.2. The van der Waals surface area contributed by atoms with Crippen molar-refractivity contribution in [2.24, 2.45) is 11.7 Å². The number of carbonyl (C=O) groups is 2. The summed E-state index contributed by atoms with van der Waals surface area (Å²) in [6, 6.07) is 6.59. The Morgan fingerprint density at radius 3 is 2.49 bits per heavy atom. The van der Waals surface area contributed by atoms with E-state index in [2.05, 4.69) is 9.97 Å². The number of amides is 1. The van der Waals surface area contributed by atoms with Crippen molar-refractivity contribution in [2.45, 2.75) is 55.9 Å². The molecular formula is C25H28N4O5S. The SMILES string of the molecule is CS(=O)(=O)c1ccc2c(=O)n(C(CC3CCCCC3)C(=O)Cc3ccc(C(N)=O)cn3)cnc2c1. The molecule has 4 rings (SSSR count). The highest BCUT2D eigenvalue weighted by Gasteiger charge is 2.28. The van der Waals surface area contributed by atoms with Crippen LogP contribution in [0.15, 0.2) is 52.5 Å². The van der Waals surface area contributed by atoms with E-state index in [1.54, 1.807) is 6.07 Å². The van der Waals surface area contributed by atoms with Crippen LogP contribution in [0, 0.1) is 5.92 Å². The van der Waals surface area contributed by atoms with Crippen LogP contribution in [0.1, 0.15) is 60.6 Å². The summed E-state index contributed by atoms with van der Waals surface area (Å²) in [5, 5.41) is 0.255. The average molecular weight is 497 g/mol. The first-order valence-electron chi connectivity index (χ1n) is 11.6. The second kappa shape index (κ2) is 10.1. The first-order valence-corrected chi connectivity index (χ1v) is 13.5. The number of rotatable bonds is 8. The number of nitrogens with two attached hydrogens (primary N) is 1. The minimum atomic E-state index is -3.45. The first-order chi connectivity index (χ1) is 16.6. The van der Waals surface area contributed by atoms with Crippen LogP contribution in [0.25, 0.3) is 10.9 Å². The molecule has 2 heterocycles. The molecule has 1 atom stereocenters. The summed E-state index contributed by atoms with van der Waals surface area (Å²) in [5.41, 5.74) is 5.88. The summed E-state index contributed by atoms with van der Waals surface area (Å²) in [6.07, 6.45) is 9.66. The maximum Gasteiger partial charge on any atom is 0.261 e. The van der Waals surface area contributed by atoms with Crippen molar-refractivity contribution in [3.8, 4) is 0 Å². The van der Waals surface area contributed by atoms with Crippen molar-refractivity contribution in [1.29, 1.82) is 0 Å². The van der Waals surface area contributed by atoms with E-state index >= 15 is 0 Å². The molecule has 2 aromatic heterocycles. The summed E-state index contributed by atoms with van der Waals surface area (Å²) in [6.45, 7) is 0. The fourth-order valence-corrected chi connectivity index (χ4v) is 5.32. The number of benzene rings is 1. The highest BCUT2D eigenvalue weighted by atomic mass is 32.2. The molecule has 1 saturated carbocycles. The largest absolute Gasteiger partial charge is 0.366 e. The van der Waals surface area contributed by atoms with E-state index in [0.717, 1.165) is 31.9 Å². The third kappa shape index (κ3) is 5.64. The minimum Gasteiger partial charge on any atom is -0.366 e. The van der Waals surface area contributed by atoms with E-state index in [4.69, 9.17) is 5.73 Å². The standard InChI is InChI=1S/C25H28N4O5S/c1-35(33,34)19-9-10-20-21(13-19)28-15-29(25(20)32)22(11-16-5-3-2-4-6-16)23(30)12-18-8-7-17(14-27-18)24(26)31/h7-10,13-16,22H,2-6,11-12H2,1H3,(H2,26,31). The number of ketones is 1. The Morgan fingerprint density at radius 1 is 1.11 bits per heavy atom. The molecule has 10 heteroatoms. The van der Waals surface area contributed by atoms with Crippen LogP contribution in [0.3, 0.4) is 0 Å². The van der Waals surface area contributed by atoms with Crippen molar-refractivity contribution >= 4 is 32.4 Å². The zero-order valence-electron chi connectivity index (χ0n) is 19.5. The van der Waals surface area contributed by atoms with Gasteiger partial charge in [0.2, 0.25) is 5.91 Å². The van der Waals surface area contributed by atoms with Crippen molar-refractivity contribution in [2.75, 3.05) is 6.26 Å². The summed E-state index contributed by atoms with van der Waals surface area (Å²) in [4.78, 5) is 46.8. The van der Waals surface area contributed by atoms with Gasteiger partial charge in [-0.25, -0.2) is 13.4 Å². The van der Waals surface area contributed by atoms with E-state index in [0.29, 0.717) is 18.0 Å². The molecule has 1 fully saturated rings. The van der Waals surface area contributed by atoms with E-state index < -0.39 is 21.8 Å². The zero-order valence-corrected chi connectivity index (χ0v) is 20.3. The molecule has 0 bridgehead atoms. The zero-order chi connectivity index (χ0) is 25.2. The Labute approximate surface area is 203 Å². The van der Waals surface area contributed by atoms with Gasteiger partial charge in [-0.1, -0.05) is 32.1 Å². The predicted octanol–water partition coefficient (Wildman–Crippen LogP) is 2.62.